The van der Waals surface area contributed by atoms with Crippen LogP contribution in [-0.2, 0) is 10.2 Å². The van der Waals surface area contributed by atoms with Crippen LogP contribution in [-0.4, -0.2) is 20.6 Å². The number of nitrogens with zero attached hydrogens (tertiary/aromatic N) is 2. The SMILES string of the molecule is Cc1nc2cc(C3(C(=O)O)CCCCC3)ccc2n1C1CC1. The molecule has 0 unspecified atom stereocenters. The van der Waals surface area contributed by atoms with Crippen LogP contribution >= 0.6 is 0 Å². The number of carboxylic acid groups (broad SMARTS) is 1. The molecule has 2 aliphatic carbocycles. The summed E-state index contributed by atoms with van der Waals surface area (Å²) in [5.41, 5.74) is 2.34. The van der Waals surface area contributed by atoms with E-state index in [0.717, 1.165) is 54.5 Å². The van der Waals surface area contributed by atoms with E-state index in [9.17, 15) is 9.90 Å². The molecule has 4 nitrogen and oxygen atoms in total. The number of aryl methyl sites for hydroxylation is 1. The van der Waals surface area contributed by atoms with Crippen LogP contribution in [0.5, 0.6) is 0 Å². The number of aliphatic carboxylic acids is 1. The first kappa shape index (κ1) is 13.8. The second kappa shape index (κ2) is 4.83. The molecule has 2 aliphatic rings. The average Bonchev–Trinajstić information content (AvgIpc) is 3.29. The van der Waals surface area contributed by atoms with Crippen molar-refractivity contribution in [2.45, 2.75) is 63.3 Å². The third-order valence-electron chi connectivity index (χ3n) is 5.45. The lowest BCUT2D eigenvalue weighted by Gasteiger charge is -2.33. The quantitative estimate of drug-likeness (QED) is 0.933. The van der Waals surface area contributed by atoms with Gasteiger partial charge < -0.3 is 9.67 Å². The lowest BCUT2D eigenvalue weighted by atomic mass is 9.69. The maximum absolute atomic E-state index is 12.0. The number of carbonyl (C=O) groups is 1. The largest absolute Gasteiger partial charge is 0.481 e. The predicted molar refractivity (Wildman–Crippen MR) is 85.1 cm³/mol. The van der Waals surface area contributed by atoms with Gasteiger partial charge >= 0.3 is 5.97 Å². The number of aromatic nitrogens is 2. The number of hydrogen-bond acceptors (Lipinski definition) is 2. The molecule has 0 bridgehead atoms. The number of fused-ring (bicyclic) bond motifs is 1. The van der Waals surface area contributed by atoms with E-state index in [4.69, 9.17) is 4.98 Å². The van der Waals surface area contributed by atoms with Crippen molar-refractivity contribution >= 4 is 17.0 Å². The molecule has 22 heavy (non-hydrogen) atoms. The normalized spacial score (nSPS) is 21.1. The first-order valence-corrected chi connectivity index (χ1v) is 8.34. The molecule has 1 N–H and O–H groups in total. The van der Waals surface area contributed by atoms with Gasteiger partial charge in [0.1, 0.15) is 5.82 Å². The minimum absolute atomic E-state index is 0.596. The highest BCUT2D eigenvalue weighted by Gasteiger charge is 2.41. The lowest BCUT2D eigenvalue weighted by Crippen LogP contribution is -2.37. The Labute approximate surface area is 130 Å². The van der Waals surface area contributed by atoms with Crippen molar-refractivity contribution in [3.8, 4) is 0 Å². The van der Waals surface area contributed by atoms with Gasteiger partial charge in [0.05, 0.1) is 16.4 Å². The third kappa shape index (κ3) is 1.97. The fourth-order valence-electron chi connectivity index (χ4n) is 4.09. The maximum Gasteiger partial charge on any atom is 0.314 e. The molecular formula is C18H22N2O2. The number of imidazole rings is 1. The molecule has 4 heteroatoms. The highest BCUT2D eigenvalue weighted by Crippen LogP contribution is 2.42. The number of benzene rings is 1. The summed E-state index contributed by atoms with van der Waals surface area (Å²) < 4.78 is 2.31. The van der Waals surface area contributed by atoms with Crippen LogP contribution in [0.3, 0.4) is 0 Å². The molecule has 0 amide bonds. The van der Waals surface area contributed by atoms with Crippen LogP contribution in [0.2, 0.25) is 0 Å². The van der Waals surface area contributed by atoms with Crippen LogP contribution in [0.15, 0.2) is 18.2 Å². The summed E-state index contributed by atoms with van der Waals surface area (Å²) in [4.78, 5) is 16.7. The van der Waals surface area contributed by atoms with Gasteiger partial charge in [0, 0.05) is 6.04 Å². The van der Waals surface area contributed by atoms with Crippen molar-refractivity contribution < 1.29 is 9.90 Å². The Morgan fingerprint density at radius 2 is 2.00 bits per heavy atom. The van der Waals surface area contributed by atoms with Gasteiger partial charge in [-0.25, -0.2) is 4.98 Å². The highest BCUT2D eigenvalue weighted by molar-refractivity contribution is 5.85. The fourth-order valence-corrected chi connectivity index (χ4v) is 4.09. The van der Waals surface area contributed by atoms with Crippen molar-refractivity contribution in [3.63, 3.8) is 0 Å². The summed E-state index contributed by atoms with van der Waals surface area (Å²) in [6, 6.07) is 6.74. The van der Waals surface area contributed by atoms with Crippen molar-refractivity contribution in [2.24, 2.45) is 0 Å². The van der Waals surface area contributed by atoms with E-state index in [1.807, 2.05) is 19.1 Å². The highest BCUT2D eigenvalue weighted by atomic mass is 16.4. The van der Waals surface area contributed by atoms with Crippen molar-refractivity contribution in [3.05, 3.63) is 29.6 Å². The van der Waals surface area contributed by atoms with E-state index in [1.165, 1.54) is 12.8 Å². The van der Waals surface area contributed by atoms with Gasteiger partial charge in [-0.1, -0.05) is 25.3 Å². The number of carboxylic acids is 1. The van der Waals surface area contributed by atoms with E-state index < -0.39 is 11.4 Å². The predicted octanol–water partition coefficient (Wildman–Crippen LogP) is 3.97. The van der Waals surface area contributed by atoms with Gasteiger partial charge in [-0.2, -0.15) is 0 Å². The van der Waals surface area contributed by atoms with Crippen molar-refractivity contribution in [2.75, 3.05) is 0 Å². The first-order valence-electron chi connectivity index (χ1n) is 8.34. The standard InChI is InChI=1S/C18H22N2O2/c1-12-19-15-11-13(5-8-16(15)20(12)14-6-7-14)18(17(21)22)9-3-2-4-10-18/h5,8,11,14H,2-4,6-7,9-10H2,1H3,(H,21,22). The Balaban J connectivity index is 1.83. The first-order chi connectivity index (χ1) is 10.6. The Bertz CT molecular complexity index is 737. The monoisotopic (exact) mass is 298 g/mol. The second-order valence-corrected chi connectivity index (χ2v) is 6.91. The lowest BCUT2D eigenvalue weighted by molar-refractivity contribution is -0.145. The summed E-state index contributed by atoms with van der Waals surface area (Å²) in [6.45, 7) is 2.05. The summed E-state index contributed by atoms with van der Waals surface area (Å²) in [5.74, 6) is 0.368. The van der Waals surface area contributed by atoms with Gasteiger partial charge in [0.15, 0.2) is 0 Å². The molecule has 1 aromatic carbocycles. The Morgan fingerprint density at radius 3 is 2.64 bits per heavy atom. The zero-order valence-corrected chi connectivity index (χ0v) is 13.0. The van der Waals surface area contributed by atoms with Crippen LogP contribution in [0.1, 0.15) is 62.4 Å². The molecule has 0 atom stereocenters. The van der Waals surface area contributed by atoms with Gasteiger partial charge in [-0.05, 0) is 50.3 Å². The molecule has 2 aromatic rings. The molecule has 116 valence electrons. The topological polar surface area (TPSA) is 55.1 Å². The zero-order valence-electron chi connectivity index (χ0n) is 13.0. The van der Waals surface area contributed by atoms with E-state index in [2.05, 4.69) is 10.6 Å². The third-order valence-corrected chi connectivity index (χ3v) is 5.45. The van der Waals surface area contributed by atoms with E-state index in [-0.39, 0.29) is 0 Å². The van der Waals surface area contributed by atoms with E-state index in [0.29, 0.717) is 6.04 Å². The summed E-state index contributed by atoms with van der Waals surface area (Å²) in [5, 5.41) is 9.85. The number of rotatable bonds is 3. The van der Waals surface area contributed by atoms with Gasteiger partial charge in [-0.3, -0.25) is 4.79 Å². The smallest absolute Gasteiger partial charge is 0.314 e. The Morgan fingerprint density at radius 1 is 1.27 bits per heavy atom. The van der Waals surface area contributed by atoms with Crippen LogP contribution in [0, 0.1) is 6.92 Å². The van der Waals surface area contributed by atoms with Gasteiger partial charge in [-0.15, -0.1) is 0 Å². The Hall–Kier alpha value is -1.84. The van der Waals surface area contributed by atoms with E-state index >= 15 is 0 Å². The van der Waals surface area contributed by atoms with E-state index in [1.54, 1.807) is 0 Å². The summed E-state index contributed by atoms with van der Waals surface area (Å²) in [7, 11) is 0. The zero-order chi connectivity index (χ0) is 15.3. The molecule has 2 fully saturated rings. The Kier molecular flexibility index (Phi) is 3.03. The summed E-state index contributed by atoms with van der Waals surface area (Å²) in [6.07, 6.45) is 7.10. The minimum atomic E-state index is -0.705. The van der Waals surface area contributed by atoms with Crippen LogP contribution in [0.25, 0.3) is 11.0 Å². The minimum Gasteiger partial charge on any atom is -0.481 e. The average molecular weight is 298 g/mol. The van der Waals surface area contributed by atoms with Gasteiger partial charge in [0.2, 0.25) is 0 Å². The molecule has 0 spiro atoms. The number of hydrogen-bond donors (Lipinski definition) is 1. The van der Waals surface area contributed by atoms with Crippen molar-refractivity contribution in [1.29, 1.82) is 0 Å². The summed E-state index contributed by atoms with van der Waals surface area (Å²) >= 11 is 0. The van der Waals surface area contributed by atoms with Crippen LogP contribution in [0.4, 0.5) is 0 Å². The molecule has 1 heterocycles. The molecule has 0 aliphatic heterocycles. The van der Waals surface area contributed by atoms with Crippen LogP contribution < -0.4 is 0 Å². The molecule has 0 radical (unpaired) electrons. The van der Waals surface area contributed by atoms with Gasteiger partial charge in [0.25, 0.3) is 0 Å². The van der Waals surface area contributed by atoms with Crippen molar-refractivity contribution in [1.82, 2.24) is 9.55 Å². The molecule has 1 aromatic heterocycles. The maximum atomic E-state index is 12.0. The molecule has 2 saturated carbocycles. The fraction of sp³-hybridized carbons (Fsp3) is 0.556. The molecule has 4 rings (SSSR count). The second-order valence-electron chi connectivity index (χ2n) is 6.91. The molecule has 0 saturated heterocycles. The molecular weight excluding hydrogens is 276 g/mol.